The molecule has 0 saturated heterocycles. The van der Waals surface area contributed by atoms with Gasteiger partial charge in [-0.3, -0.25) is 0 Å². The molecule has 0 unspecified atom stereocenters. The summed E-state index contributed by atoms with van der Waals surface area (Å²) < 4.78 is 53.9. The Morgan fingerprint density at radius 3 is 2.55 bits per heavy atom. The van der Waals surface area contributed by atoms with E-state index in [0.29, 0.717) is 15.6 Å². The standard InChI is InChI=1S/C16H10BrF4N/c17-13-7-11-4-5-22(15(11)8-14(13)18)9-10-2-1-3-12(6-10)16(19,20)21/h1-8H,9H2. The molecule has 0 radical (unpaired) electrons. The highest BCUT2D eigenvalue weighted by Crippen LogP contribution is 2.30. The summed E-state index contributed by atoms with van der Waals surface area (Å²) in [7, 11) is 0. The lowest BCUT2D eigenvalue weighted by molar-refractivity contribution is -0.137. The largest absolute Gasteiger partial charge is 0.416 e. The second-order valence-electron chi connectivity index (χ2n) is 4.97. The number of fused-ring (bicyclic) bond motifs is 1. The number of aromatic nitrogens is 1. The minimum Gasteiger partial charge on any atom is -0.343 e. The average Bonchev–Trinajstić information content (AvgIpc) is 2.81. The van der Waals surface area contributed by atoms with E-state index in [0.717, 1.165) is 17.5 Å². The maximum atomic E-state index is 13.7. The summed E-state index contributed by atoms with van der Waals surface area (Å²) in [5.41, 5.74) is 0.462. The van der Waals surface area contributed by atoms with Crippen LogP contribution in [0.2, 0.25) is 0 Å². The minimum absolute atomic E-state index is 0.245. The Labute approximate surface area is 132 Å². The molecule has 1 nitrogen and oxygen atoms in total. The molecule has 0 N–H and O–H groups in total. The van der Waals surface area contributed by atoms with Gasteiger partial charge in [0.1, 0.15) is 5.82 Å². The van der Waals surface area contributed by atoms with Crippen molar-refractivity contribution in [1.29, 1.82) is 0 Å². The Hall–Kier alpha value is -1.82. The third-order valence-electron chi connectivity index (χ3n) is 3.42. The van der Waals surface area contributed by atoms with Gasteiger partial charge >= 0.3 is 6.18 Å². The van der Waals surface area contributed by atoms with Gasteiger partial charge in [0.05, 0.1) is 15.6 Å². The molecule has 22 heavy (non-hydrogen) atoms. The van der Waals surface area contributed by atoms with E-state index in [1.165, 1.54) is 12.1 Å². The third-order valence-corrected chi connectivity index (χ3v) is 4.03. The maximum absolute atomic E-state index is 13.7. The molecule has 6 heteroatoms. The van der Waals surface area contributed by atoms with E-state index in [1.807, 2.05) is 0 Å². The average molecular weight is 372 g/mol. The molecule has 0 aliphatic carbocycles. The second kappa shape index (κ2) is 5.43. The van der Waals surface area contributed by atoms with Gasteiger partial charge in [-0.2, -0.15) is 13.2 Å². The molecule has 3 rings (SSSR count). The van der Waals surface area contributed by atoms with Crippen LogP contribution in [0, 0.1) is 5.82 Å². The Morgan fingerprint density at radius 1 is 1.05 bits per heavy atom. The van der Waals surface area contributed by atoms with Crippen molar-refractivity contribution >= 4 is 26.8 Å². The highest BCUT2D eigenvalue weighted by Gasteiger charge is 2.30. The minimum atomic E-state index is -4.37. The maximum Gasteiger partial charge on any atom is 0.416 e. The molecule has 0 fully saturated rings. The van der Waals surface area contributed by atoms with Gasteiger partial charge in [-0.05, 0) is 51.8 Å². The van der Waals surface area contributed by atoms with E-state index in [9.17, 15) is 17.6 Å². The summed E-state index contributed by atoms with van der Waals surface area (Å²) in [5.74, 6) is -0.406. The Bertz CT molecular complexity index is 836. The molecule has 0 saturated carbocycles. The van der Waals surface area contributed by atoms with Crippen molar-refractivity contribution in [3.8, 4) is 0 Å². The van der Waals surface area contributed by atoms with E-state index in [2.05, 4.69) is 15.9 Å². The molecule has 0 bridgehead atoms. The summed E-state index contributed by atoms with van der Waals surface area (Å²) in [4.78, 5) is 0. The van der Waals surface area contributed by atoms with Crippen molar-refractivity contribution in [2.75, 3.05) is 0 Å². The lowest BCUT2D eigenvalue weighted by atomic mass is 10.1. The molecule has 0 aliphatic rings. The quantitative estimate of drug-likeness (QED) is 0.516. The number of hydrogen-bond donors (Lipinski definition) is 0. The first-order chi connectivity index (χ1) is 10.3. The molecule has 2 aromatic carbocycles. The van der Waals surface area contributed by atoms with Gasteiger partial charge in [-0.15, -0.1) is 0 Å². The fraction of sp³-hybridized carbons (Fsp3) is 0.125. The zero-order valence-corrected chi connectivity index (χ0v) is 12.7. The fourth-order valence-corrected chi connectivity index (χ4v) is 2.73. The molecule has 0 aliphatic heterocycles. The van der Waals surface area contributed by atoms with E-state index in [1.54, 1.807) is 29.0 Å². The molecule has 0 amide bonds. The number of nitrogens with zero attached hydrogens (tertiary/aromatic N) is 1. The summed E-state index contributed by atoms with van der Waals surface area (Å²) in [5, 5.41) is 0.820. The second-order valence-corrected chi connectivity index (χ2v) is 5.82. The summed E-state index contributed by atoms with van der Waals surface area (Å²) >= 11 is 3.11. The third kappa shape index (κ3) is 2.88. The van der Waals surface area contributed by atoms with Crippen LogP contribution in [-0.4, -0.2) is 4.57 Å². The first-order valence-corrected chi connectivity index (χ1v) is 7.24. The summed E-state index contributed by atoms with van der Waals surface area (Å²) in [6.07, 6.45) is -2.64. The molecule has 3 aromatic rings. The molecule has 1 heterocycles. The Kier molecular flexibility index (Phi) is 3.72. The van der Waals surface area contributed by atoms with Crippen LogP contribution < -0.4 is 0 Å². The Balaban J connectivity index is 1.99. The van der Waals surface area contributed by atoms with Crippen molar-refractivity contribution < 1.29 is 17.6 Å². The van der Waals surface area contributed by atoms with Crippen molar-refractivity contribution in [3.63, 3.8) is 0 Å². The van der Waals surface area contributed by atoms with Gasteiger partial charge in [-0.25, -0.2) is 4.39 Å². The van der Waals surface area contributed by atoms with Crippen LogP contribution in [0.25, 0.3) is 10.9 Å². The van der Waals surface area contributed by atoms with Crippen molar-refractivity contribution in [3.05, 3.63) is 70.1 Å². The van der Waals surface area contributed by atoms with Gasteiger partial charge in [0.25, 0.3) is 0 Å². The van der Waals surface area contributed by atoms with E-state index < -0.39 is 17.6 Å². The summed E-state index contributed by atoms with van der Waals surface area (Å²) in [6, 6.07) is 9.96. The smallest absolute Gasteiger partial charge is 0.343 e. The van der Waals surface area contributed by atoms with E-state index in [-0.39, 0.29) is 6.54 Å². The van der Waals surface area contributed by atoms with Gasteiger partial charge in [0.15, 0.2) is 0 Å². The number of alkyl halides is 3. The Morgan fingerprint density at radius 2 is 1.82 bits per heavy atom. The van der Waals surface area contributed by atoms with Gasteiger partial charge in [0, 0.05) is 18.1 Å². The van der Waals surface area contributed by atoms with Gasteiger partial charge in [-0.1, -0.05) is 12.1 Å². The van der Waals surface area contributed by atoms with E-state index >= 15 is 0 Å². The number of rotatable bonds is 2. The number of hydrogen-bond acceptors (Lipinski definition) is 0. The SMILES string of the molecule is Fc1cc2c(ccn2Cc2cccc(C(F)(F)F)c2)cc1Br. The van der Waals surface area contributed by atoms with Crippen molar-refractivity contribution in [1.82, 2.24) is 4.57 Å². The lowest BCUT2D eigenvalue weighted by Gasteiger charge is -2.10. The van der Waals surface area contributed by atoms with Gasteiger partial charge in [0.2, 0.25) is 0 Å². The first-order valence-electron chi connectivity index (χ1n) is 6.44. The predicted molar refractivity (Wildman–Crippen MR) is 80.1 cm³/mol. The van der Waals surface area contributed by atoms with Crippen molar-refractivity contribution in [2.45, 2.75) is 12.7 Å². The lowest BCUT2D eigenvalue weighted by Crippen LogP contribution is -2.06. The zero-order valence-electron chi connectivity index (χ0n) is 11.2. The van der Waals surface area contributed by atoms with Crippen LogP contribution in [0.3, 0.4) is 0 Å². The zero-order chi connectivity index (χ0) is 15.9. The van der Waals surface area contributed by atoms with Crippen LogP contribution in [-0.2, 0) is 12.7 Å². The number of halogens is 5. The van der Waals surface area contributed by atoms with Crippen LogP contribution in [0.4, 0.5) is 17.6 Å². The normalized spacial score (nSPS) is 12.0. The van der Waals surface area contributed by atoms with Crippen LogP contribution in [0.1, 0.15) is 11.1 Å². The number of benzene rings is 2. The van der Waals surface area contributed by atoms with Crippen LogP contribution in [0.5, 0.6) is 0 Å². The van der Waals surface area contributed by atoms with Crippen LogP contribution in [0.15, 0.2) is 53.1 Å². The highest BCUT2D eigenvalue weighted by atomic mass is 79.9. The van der Waals surface area contributed by atoms with Gasteiger partial charge < -0.3 is 4.57 Å². The van der Waals surface area contributed by atoms with Crippen LogP contribution >= 0.6 is 15.9 Å². The first kappa shape index (κ1) is 15.1. The molecule has 1 aromatic heterocycles. The molecular formula is C16H10BrF4N. The van der Waals surface area contributed by atoms with Crippen molar-refractivity contribution in [2.24, 2.45) is 0 Å². The summed E-state index contributed by atoms with van der Waals surface area (Å²) in [6.45, 7) is 0.245. The molecule has 0 atom stereocenters. The molecule has 0 spiro atoms. The van der Waals surface area contributed by atoms with E-state index in [4.69, 9.17) is 0 Å². The molecule has 114 valence electrons. The fourth-order valence-electron chi connectivity index (χ4n) is 2.37. The monoisotopic (exact) mass is 371 g/mol. The highest BCUT2D eigenvalue weighted by molar-refractivity contribution is 9.10. The topological polar surface area (TPSA) is 4.93 Å². The predicted octanol–water partition coefficient (Wildman–Crippen LogP) is 5.61. The molecular weight excluding hydrogens is 362 g/mol.